The van der Waals surface area contributed by atoms with E-state index in [-0.39, 0.29) is 11.4 Å². The topological polar surface area (TPSA) is 105 Å². The molecule has 0 heterocycles. The molecule has 0 aromatic heterocycles. The third-order valence-electron chi connectivity index (χ3n) is 5.53. The molecule has 3 rings (SSSR count). The lowest BCUT2D eigenvalue weighted by Gasteiger charge is -2.18. The summed E-state index contributed by atoms with van der Waals surface area (Å²) in [7, 11) is -3.51. The van der Waals surface area contributed by atoms with Crippen LogP contribution in [0.25, 0.3) is 0 Å². The highest BCUT2D eigenvalue weighted by molar-refractivity contribution is 7.89. The largest absolute Gasteiger partial charge is 0.489 e. The maximum absolute atomic E-state index is 12.6. The van der Waals surface area contributed by atoms with Gasteiger partial charge in [-0.25, -0.2) is 8.42 Å². The molecule has 8 nitrogen and oxygen atoms in total. The number of nitrogens with zero attached hydrogens (tertiary/aromatic N) is 1. The Morgan fingerprint density at radius 2 is 1.44 bits per heavy atom. The lowest BCUT2D eigenvalue weighted by Crippen LogP contribution is -2.36. The van der Waals surface area contributed by atoms with Gasteiger partial charge < -0.3 is 15.4 Å². The van der Waals surface area contributed by atoms with Gasteiger partial charge in [0.2, 0.25) is 10.0 Å². The molecule has 36 heavy (non-hydrogen) atoms. The first-order valence-corrected chi connectivity index (χ1v) is 13.2. The van der Waals surface area contributed by atoms with Crippen molar-refractivity contribution >= 4 is 27.5 Å². The first kappa shape index (κ1) is 26.9. The van der Waals surface area contributed by atoms with Crippen molar-refractivity contribution in [3.63, 3.8) is 0 Å². The van der Waals surface area contributed by atoms with Crippen LogP contribution in [-0.2, 0) is 32.6 Å². The number of hydrogen-bond acceptors (Lipinski definition) is 5. The van der Waals surface area contributed by atoms with Gasteiger partial charge in [0, 0.05) is 25.3 Å². The Kier molecular flexibility index (Phi) is 9.61. The summed E-state index contributed by atoms with van der Waals surface area (Å²) in [5.74, 6) is -0.869. The van der Waals surface area contributed by atoms with Crippen LogP contribution >= 0.6 is 0 Å². The molecule has 0 radical (unpaired) electrons. The molecule has 2 N–H and O–H groups in total. The Labute approximate surface area is 212 Å². The summed E-state index contributed by atoms with van der Waals surface area (Å²) in [5.41, 5.74) is 2.37. The van der Waals surface area contributed by atoms with Gasteiger partial charge in [0.05, 0.1) is 4.90 Å². The lowest BCUT2D eigenvalue weighted by atomic mass is 10.1. The van der Waals surface area contributed by atoms with Gasteiger partial charge in [0.15, 0.2) is 0 Å². The van der Waals surface area contributed by atoms with E-state index in [4.69, 9.17) is 4.74 Å². The van der Waals surface area contributed by atoms with Crippen LogP contribution in [0, 0.1) is 0 Å². The van der Waals surface area contributed by atoms with Crippen molar-refractivity contribution in [3.05, 3.63) is 90.0 Å². The summed E-state index contributed by atoms with van der Waals surface area (Å²) in [6, 6.07) is 23.1. The minimum atomic E-state index is -3.51. The summed E-state index contributed by atoms with van der Waals surface area (Å²) < 4.78 is 32.2. The smallest absolute Gasteiger partial charge is 0.313 e. The van der Waals surface area contributed by atoms with Crippen LogP contribution in [0.1, 0.15) is 25.0 Å². The standard InChI is InChI=1S/C27H31N3O5S/c1-3-30(4-2)36(33,34)25-16-10-21(11-17-25)18-19-28-26(31)27(32)29-23-12-14-24(15-13-23)35-20-22-8-6-5-7-9-22/h5-17H,3-4,18-20H2,1-2H3,(H,28,31)(H,29,32). The van der Waals surface area contributed by atoms with Gasteiger partial charge in [0.25, 0.3) is 0 Å². The average molecular weight is 510 g/mol. The Morgan fingerprint density at radius 3 is 2.06 bits per heavy atom. The molecule has 0 bridgehead atoms. The number of sulfonamides is 1. The summed E-state index contributed by atoms with van der Waals surface area (Å²) >= 11 is 0. The van der Waals surface area contributed by atoms with Crippen molar-refractivity contribution in [2.45, 2.75) is 31.8 Å². The van der Waals surface area contributed by atoms with E-state index in [2.05, 4.69) is 10.6 Å². The first-order chi connectivity index (χ1) is 17.3. The molecule has 190 valence electrons. The highest BCUT2D eigenvalue weighted by Gasteiger charge is 2.21. The predicted molar refractivity (Wildman–Crippen MR) is 139 cm³/mol. The van der Waals surface area contributed by atoms with Crippen molar-refractivity contribution in [2.75, 3.05) is 25.0 Å². The first-order valence-electron chi connectivity index (χ1n) is 11.8. The molecule has 0 aliphatic rings. The number of carbonyl (C=O) groups excluding carboxylic acids is 2. The highest BCUT2D eigenvalue weighted by atomic mass is 32.2. The molecular weight excluding hydrogens is 478 g/mol. The zero-order chi connectivity index (χ0) is 26.0. The van der Waals surface area contributed by atoms with E-state index in [1.807, 2.05) is 30.3 Å². The van der Waals surface area contributed by atoms with Crippen LogP contribution in [0.2, 0.25) is 0 Å². The summed E-state index contributed by atoms with van der Waals surface area (Å²) in [6.45, 7) is 5.07. The Morgan fingerprint density at radius 1 is 0.806 bits per heavy atom. The Bertz CT molecular complexity index is 1240. The number of benzene rings is 3. The van der Waals surface area contributed by atoms with Crippen molar-refractivity contribution in [1.82, 2.24) is 9.62 Å². The van der Waals surface area contributed by atoms with Crippen molar-refractivity contribution in [2.24, 2.45) is 0 Å². The van der Waals surface area contributed by atoms with Crippen LogP contribution in [0.5, 0.6) is 5.75 Å². The number of nitrogens with one attached hydrogen (secondary N) is 2. The Hall–Kier alpha value is -3.69. The fourth-order valence-electron chi connectivity index (χ4n) is 3.50. The average Bonchev–Trinajstić information content (AvgIpc) is 2.89. The molecule has 0 aliphatic heterocycles. The molecule has 0 fully saturated rings. The molecule has 0 atom stereocenters. The van der Waals surface area contributed by atoms with E-state index >= 15 is 0 Å². The summed E-state index contributed by atoms with van der Waals surface area (Å²) in [4.78, 5) is 24.6. The number of ether oxygens (including phenoxy) is 1. The molecule has 0 spiro atoms. The van der Waals surface area contributed by atoms with Gasteiger partial charge >= 0.3 is 11.8 Å². The van der Waals surface area contributed by atoms with Crippen LogP contribution in [0.15, 0.2) is 83.8 Å². The third-order valence-corrected chi connectivity index (χ3v) is 7.60. The lowest BCUT2D eigenvalue weighted by molar-refractivity contribution is -0.136. The van der Waals surface area contributed by atoms with E-state index in [1.54, 1.807) is 62.4 Å². The fourth-order valence-corrected chi connectivity index (χ4v) is 4.96. The van der Waals surface area contributed by atoms with E-state index < -0.39 is 21.8 Å². The number of rotatable bonds is 11. The molecular formula is C27H31N3O5S. The summed E-state index contributed by atoms with van der Waals surface area (Å²) in [5, 5.41) is 5.14. The van der Waals surface area contributed by atoms with E-state index in [0.717, 1.165) is 11.1 Å². The fraction of sp³-hybridized carbons (Fsp3) is 0.259. The quantitative estimate of drug-likeness (QED) is 0.385. The molecule has 3 aromatic carbocycles. The van der Waals surface area contributed by atoms with Gasteiger partial charge in [-0.05, 0) is 53.9 Å². The maximum atomic E-state index is 12.6. The second kappa shape index (κ2) is 12.9. The monoisotopic (exact) mass is 509 g/mol. The minimum absolute atomic E-state index is 0.231. The molecule has 0 saturated carbocycles. The minimum Gasteiger partial charge on any atom is -0.489 e. The SMILES string of the molecule is CCN(CC)S(=O)(=O)c1ccc(CCNC(=O)C(=O)Nc2ccc(OCc3ccccc3)cc2)cc1. The van der Waals surface area contributed by atoms with E-state index in [0.29, 0.717) is 37.6 Å². The molecule has 0 saturated heterocycles. The second-order valence-corrected chi connectivity index (χ2v) is 9.93. The normalized spacial score (nSPS) is 11.2. The molecule has 0 aliphatic carbocycles. The molecule has 0 unspecified atom stereocenters. The number of hydrogen-bond donors (Lipinski definition) is 2. The predicted octanol–water partition coefficient (Wildman–Crippen LogP) is 3.59. The molecule has 2 amide bonds. The highest BCUT2D eigenvalue weighted by Crippen LogP contribution is 2.18. The van der Waals surface area contributed by atoms with Crippen molar-refractivity contribution in [1.29, 1.82) is 0 Å². The zero-order valence-electron chi connectivity index (χ0n) is 20.4. The van der Waals surface area contributed by atoms with Crippen molar-refractivity contribution in [3.8, 4) is 5.75 Å². The maximum Gasteiger partial charge on any atom is 0.313 e. The van der Waals surface area contributed by atoms with Crippen molar-refractivity contribution < 1.29 is 22.7 Å². The summed E-state index contributed by atoms with van der Waals surface area (Å²) in [6.07, 6.45) is 0.456. The zero-order valence-corrected chi connectivity index (χ0v) is 21.3. The van der Waals surface area contributed by atoms with E-state index in [1.165, 1.54) is 4.31 Å². The number of amides is 2. The van der Waals surface area contributed by atoms with Gasteiger partial charge in [-0.2, -0.15) is 4.31 Å². The number of anilines is 1. The number of carbonyl (C=O) groups is 2. The van der Waals surface area contributed by atoms with Crippen LogP contribution < -0.4 is 15.4 Å². The van der Waals surface area contributed by atoms with Gasteiger partial charge in [0.1, 0.15) is 12.4 Å². The second-order valence-electron chi connectivity index (χ2n) is 7.99. The van der Waals surface area contributed by atoms with Crippen LogP contribution in [-0.4, -0.2) is 44.2 Å². The Balaban J connectivity index is 1.43. The molecule has 9 heteroatoms. The van der Waals surface area contributed by atoms with Gasteiger partial charge in [-0.1, -0.05) is 56.3 Å². The molecule has 3 aromatic rings. The van der Waals surface area contributed by atoms with Gasteiger partial charge in [-0.3, -0.25) is 9.59 Å². The van der Waals surface area contributed by atoms with E-state index in [9.17, 15) is 18.0 Å². The van der Waals surface area contributed by atoms with Crippen LogP contribution in [0.4, 0.5) is 5.69 Å². The van der Waals surface area contributed by atoms with Gasteiger partial charge in [-0.15, -0.1) is 0 Å². The van der Waals surface area contributed by atoms with Crippen LogP contribution in [0.3, 0.4) is 0 Å². The third kappa shape index (κ3) is 7.40.